The number of para-hydroxylation sites is 6. The normalized spacial score (nSPS) is 19.7. The van der Waals surface area contributed by atoms with Gasteiger partial charge in [0.1, 0.15) is 22.7 Å². The van der Waals surface area contributed by atoms with Crippen LogP contribution in [0.2, 0.25) is 0 Å². The Bertz CT molecular complexity index is 5510. The standard InChI is InChI=1S/C9H11NO.C9H7N.C9H10.C8H9N.C8H7N.C8H15N.C8H7N.2C7H5NO.2C7H5NS.C7H13N.C6H11N.C6H12.C5H10.C4H9NO2S.C4H8.C3H6/c1-2-4-9-8(3-1)7-10-5-6-11-9;1-2-6-9-8(4-1)5-3-7-10-9;1-2-5-9-7-3-6-8(9)4-1;2*1-3-7-4-2-6-9-8(7)5-1;1-2-8(3-1)4-6-9-7-5-8;1-2-4-8-7(3-1)5-6-9-8;1-2-6-3-5-9-7(6)8-4-1;1-2-4-7-6(3-1)8-5-9-7;1-2-6-3-5-9-7(6)8-4-1;1-2-4-7-6(3-1)8-5-9-7;1-2-6-4-8-5-7(6)3-1;1-2-6-3-5(1)4-7-6;1-2-4-6-5-3-1;1-2-4-5-3-1;6-8(7)3-1-5-2-4-8;1-2-4-3-1;1-2-3-1/h1-4,10H,5-7H2;1-7H;1-2,4-5H,3,6-7H2;2,4,6H,1,3,5H2;1-4,6H,5H2;9H,1-7H2;1-4,6H,5H2;4*1-5H;6-8H,1-5H2;5-7H,1-4H2;1-6H2;1-5H2;5H,1-4H2;1-4H2;1-3H2. The van der Waals surface area contributed by atoms with Crippen molar-refractivity contribution in [3.63, 3.8) is 0 Å². The van der Waals surface area contributed by atoms with Gasteiger partial charge >= 0.3 is 0 Å². The summed E-state index contributed by atoms with van der Waals surface area (Å²) in [5.74, 6) is 4.84. The van der Waals surface area contributed by atoms with E-state index >= 15 is 0 Å². The zero-order valence-corrected chi connectivity index (χ0v) is 87.0. The number of allylic oxidation sites excluding steroid dienone is 1. The highest BCUT2D eigenvalue weighted by Crippen LogP contribution is 2.47. The number of aliphatic imine (C=N–C) groups is 1. The third kappa shape index (κ3) is 39.2. The molecule has 15 heterocycles. The molecule has 4 saturated heterocycles. The summed E-state index contributed by atoms with van der Waals surface area (Å²) in [6, 6.07) is 74.0. The van der Waals surface area contributed by atoms with Gasteiger partial charge in [-0.15, -0.1) is 22.7 Å². The highest BCUT2D eigenvalue weighted by Gasteiger charge is 2.37. The maximum absolute atomic E-state index is 10.6. The van der Waals surface area contributed by atoms with Crippen LogP contribution in [0.25, 0.3) is 59.6 Å². The van der Waals surface area contributed by atoms with Crippen molar-refractivity contribution in [2.24, 2.45) is 28.2 Å². The molecular weight excluding hydrogens is 1820 g/mol. The van der Waals surface area contributed by atoms with Gasteiger partial charge in [-0.25, -0.2) is 28.4 Å². The van der Waals surface area contributed by atoms with Gasteiger partial charge in [0, 0.05) is 110 Å². The number of oxazole rings is 1. The summed E-state index contributed by atoms with van der Waals surface area (Å²) in [7, 11) is -2.65. The molecule has 2 bridgehead atoms. The summed E-state index contributed by atoms with van der Waals surface area (Å²) in [5, 5.41) is 22.1. The van der Waals surface area contributed by atoms with Crippen LogP contribution in [0.3, 0.4) is 0 Å². The molecule has 11 fully saturated rings. The summed E-state index contributed by atoms with van der Waals surface area (Å²) in [4.78, 5) is 34.2. The lowest BCUT2D eigenvalue weighted by Gasteiger charge is -2.45. The summed E-state index contributed by atoms with van der Waals surface area (Å²) < 4.78 is 38.0. The van der Waals surface area contributed by atoms with E-state index in [0.717, 1.165) is 106 Å². The van der Waals surface area contributed by atoms with Gasteiger partial charge in [-0.3, -0.25) is 19.9 Å². The molecule has 10 aliphatic carbocycles. The number of aryl methyl sites for hydroxylation is 4. The van der Waals surface area contributed by atoms with E-state index in [1.54, 1.807) is 46.3 Å². The Morgan fingerprint density at radius 3 is 1.57 bits per heavy atom. The highest BCUT2D eigenvalue weighted by molar-refractivity contribution is 7.91. The van der Waals surface area contributed by atoms with Crippen LogP contribution in [0.5, 0.6) is 5.75 Å². The number of sulfone groups is 1. The molecule has 0 radical (unpaired) electrons. The van der Waals surface area contributed by atoms with Crippen molar-refractivity contribution in [2.45, 2.75) is 250 Å². The van der Waals surface area contributed by atoms with Crippen LogP contribution in [0.15, 0.2) is 293 Å². The Hall–Kier alpha value is -10.9. The molecule has 756 valence electrons. The van der Waals surface area contributed by atoms with Crippen molar-refractivity contribution in [2.75, 3.05) is 70.5 Å². The largest absolute Gasteiger partial charge is 0.492 e. The van der Waals surface area contributed by atoms with Crippen molar-refractivity contribution >= 4 is 104 Å². The van der Waals surface area contributed by atoms with Crippen molar-refractivity contribution in [3.8, 4) is 5.75 Å². The van der Waals surface area contributed by atoms with Crippen LogP contribution in [0.4, 0.5) is 5.69 Å². The van der Waals surface area contributed by atoms with Crippen LogP contribution < -0.4 is 31.3 Å². The van der Waals surface area contributed by atoms with E-state index in [2.05, 4.69) is 163 Å². The molecule has 4 atom stereocenters. The first kappa shape index (κ1) is 108. The number of nitrogens with one attached hydrogen (secondary N) is 5. The van der Waals surface area contributed by atoms with Gasteiger partial charge < -0.3 is 40.2 Å². The van der Waals surface area contributed by atoms with Crippen molar-refractivity contribution in [1.82, 2.24) is 61.5 Å². The molecule has 16 aliphatic rings. The number of hydrogen-bond donors (Lipinski definition) is 5. The molecule has 6 aromatic carbocycles. The average Bonchev–Trinajstić information content (AvgIpc) is 1.70. The monoisotopic (exact) mass is 1980 g/mol. The molecule has 9 aromatic heterocycles. The third-order valence-electron chi connectivity index (χ3n) is 28.4. The smallest absolute Gasteiger partial charge is 0.225 e. The fourth-order valence-corrected chi connectivity index (χ4v) is 21.9. The van der Waals surface area contributed by atoms with Gasteiger partial charge in [0.2, 0.25) is 5.71 Å². The minimum atomic E-state index is -2.65. The molecule has 5 N–H and O–H groups in total. The first-order valence-corrected chi connectivity index (χ1v) is 57.4. The van der Waals surface area contributed by atoms with Gasteiger partial charge in [-0.1, -0.05) is 268 Å². The number of furan rings is 1. The summed E-state index contributed by atoms with van der Waals surface area (Å²) in [6.07, 6.45) is 71.4. The lowest BCUT2D eigenvalue weighted by molar-refractivity contribution is 0.0864. The minimum Gasteiger partial charge on any atom is -0.492 e. The lowest BCUT2D eigenvalue weighted by Crippen LogP contribution is -2.40. The highest BCUT2D eigenvalue weighted by atomic mass is 32.2. The van der Waals surface area contributed by atoms with Crippen molar-refractivity contribution in [1.29, 1.82) is 0 Å². The second kappa shape index (κ2) is 62.8. The Balaban J connectivity index is 0.000000121. The van der Waals surface area contributed by atoms with Crippen LogP contribution in [0.1, 0.15) is 244 Å². The van der Waals surface area contributed by atoms with Crippen LogP contribution in [-0.4, -0.2) is 126 Å². The number of pyridine rings is 5. The summed E-state index contributed by atoms with van der Waals surface area (Å²) in [6.45, 7) is 10.4. The van der Waals surface area contributed by atoms with Gasteiger partial charge in [0.15, 0.2) is 21.8 Å². The van der Waals surface area contributed by atoms with Crippen LogP contribution >= 0.6 is 22.7 Å². The molecule has 0 amide bonds. The second-order valence-electron chi connectivity index (χ2n) is 39.2. The molecule has 18 nitrogen and oxygen atoms in total. The minimum absolute atomic E-state index is 0.312. The summed E-state index contributed by atoms with van der Waals surface area (Å²) >= 11 is 3.35. The maximum Gasteiger partial charge on any atom is 0.225 e. The van der Waals surface area contributed by atoms with E-state index in [-0.39, 0.29) is 0 Å². The molecular formula is C122H155N13O5S3. The van der Waals surface area contributed by atoms with E-state index < -0.39 is 9.84 Å². The number of thiophene rings is 1. The number of aromatic nitrogens is 7. The molecule has 21 heteroatoms. The molecule has 7 saturated carbocycles. The molecule has 6 aliphatic heterocycles. The number of ether oxygens (including phenoxy) is 1. The molecule has 4 unspecified atom stereocenters. The number of fused-ring (bicyclic) bond motifs is 13. The van der Waals surface area contributed by atoms with Gasteiger partial charge in [-0.05, 0) is 276 Å². The van der Waals surface area contributed by atoms with Crippen LogP contribution in [-0.2, 0) is 54.9 Å². The number of hydrogen-bond acceptors (Lipinski definition) is 20. The third-order valence-corrected chi connectivity index (χ3v) is 31.7. The van der Waals surface area contributed by atoms with E-state index in [1.807, 2.05) is 176 Å². The van der Waals surface area contributed by atoms with Crippen LogP contribution in [0, 0.1) is 23.2 Å². The number of thiazole rings is 1. The second-order valence-corrected chi connectivity index (χ2v) is 43.3. The topological polar surface area (TPSA) is 232 Å². The zero-order chi connectivity index (χ0) is 98.2. The summed E-state index contributed by atoms with van der Waals surface area (Å²) in [5.41, 5.74) is 19.5. The Morgan fingerprint density at radius 2 is 0.965 bits per heavy atom. The first-order chi connectivity index (χ1) is 70.7. The lowest BCUT2D eigenvalue weighted by atomic mass is 9.63. The number of rotatable bonds is 0. The van der Waals surface area contributed by atoms with Gasteiger partial charge in [-0.2, -0.15) is 0 Å². The number of benzene rings is 6. The van der Waals surface area contributed by atoms with Crippen molar-refractivity contribution < 1.29 is 22.0 Å². The molecule has 15 aromatic rings. The van der Waals surface area contributed by atoms with Crippen molar-refractivity contribution in [3.05, 3.63) is 324 Å². The first-order valence-electron chi connectivity index (χ1n) is 53.8. The Morgan fingerprint density at radius 1 is 0.392 bits per heavy atom. The zero-order valence-electron chi connectivity index (χ0n) is 84.5. The quantitative estimate of drug-likeness (QED) is 0.0950. The number of nitrogens with zero attached hydrogens (tertiary/aromatic N) is 8. The predicted octanol–water partition coefficient (Wildman–Crippen LogP) is 28.3. The number of piperidine rings is 2. The van der Waals surface area contributed by atoms with E-state index in [9.17, 15) is 8.42 Å². The average molecular weight is 1980 g/mol. The Kier molecular flexibility index (Phi) is 47.3. The molecule has 1 spiro atoms. The Labute approximate surface area is 859 Å². The van der Waals surface area contributed by atoms with Gasteiger partial charge in [0.25, 0.3) is 0 Å². The molecule has 143 heavy (non-hydrogen) atoms. The maximum atomic E-state index is 10.6. The SMILES string of the molecule is C1=Cc2cccnc2C1.C1=Nc2ccccc2C1.C1CC1.C1CC2(C1)CCNCC2.C1CC2CC1CN2.C1CC2CNCC2C1.C1CCC1.C1CCCC1.C1CCCCC1.O=S1(=O)CCNCC1.c1ccc2c(c1)CCC2.c1ccc2c(c1)CNCCO2.c1ccc2ncccc2c1.c1ccc2ocnc2c1.c1ccc2scnc2c1.c1cnc2c(c1)CCC2.c1cnc2occc2c1.c1cnc2sccc2c1. The fourth-order valence-electron chi connectivity index (χ4n) is 19.4. The van der Waals surface area contributed by atoms with E-state index in [0.29, 0.717) is 30.3 Å². The molecule has 31 rings (SSSR count). The predicted molar refractivity (Wildman–Crippen MR) is 598 cm³/mol. The van der Waals surface area contributed by atoms with Gasteiger partial charge in [0.05, 0.1) is 50.4 Å². The fraction of sp³-hybridized carbons (Fsp3) is 0.443. The van der Waals surface area contributed by atoms with E-state index in [4.69, 9.17) is 13.6 Å². The van der Waals surface area contributed by atoms with E-state index in [1.165, 1.54) is 313 Å².